The number of carbonyl (C=O) groups is 1. The van der Waals surface area contributed by atoms with E-state index in [0.717, 1.165) is 29.2 Å². The van der Waals surface area contributed by atoms with Crippen molar-refractivity contribution in [2.45, 2.75) is 13.3 Å². The Hall–Kier alpha value is -2.80. The van der Waals surface area contributed by atoms with E-state index in [9.17, 15) is 4.79 Å². The molecule has 0 amide bonds. The van der Waals surface area contributed by atoms with Gasteiger partial charge in [0.2, 0.25) is 0 Å². The van der Waals surface area contributed by atoms with Crippen LogP contribution in [0, 0.1) is 0 Å². The number of hydrogen-bond acceptors (Lipinski definition) is 5. The van der Waals surface area contributed by atoms with E-state index in [4.69, 9.17) is 21.7 Å². The Labute approximate surface area is 164 Å². The van der Waals surface area contributed by atoms with E-state index < -0.39 is 0 Å². The standard InChI is InChI=1S/C20H24N2O4S/c1-4-26-17-10-5-14(13-18(17)24-2)11-12-21-20(27)22-16-8-6-15(7-9-16)19(23)25-3/h5-10,13H,4,11-12H2,1-3H3,(H2,21,22,27). The molecule has 144 valence electrons. The fourth-order valence-electron chi connectivity index (χ4n) is 2.45. The van der Waals surface area contributed by atoms with E-state index in [1.165, 1.54) is 7.11 Å². The van der Waals surface area contributed by atoms with Crippen molar-refractivity contribution >= 4 is 29.0 Å². The molecule has 2 N–H and O–H groups in total. The van der Waals surface area contributed by atoms with Gasteiger partial charge in [0.1, 0.15) is 0 Å². The first-order valence-corrected chi connectivity index (χ1v) is 9.01. The number of anilines is 1. The minimum atomic E-state index is -0.368. The molecule has 0 aliphatic carbocycles. The number of benzene rings is 2. The molecule has 0 aliphatic heterocycles. The summed E-state index contributed by atoms with van der Waals surface area (Å²) in [6.45, 7) is 3.20. The Morgan fingerprint density at radius 1 is 1.07 bits per heavy atom. The zero-order valence-corrected chi connectivity index (χ0v) is 16.5. The summed E-state index contributed by atoms with van der Waals surface area (Å²) in [6, 6.07) is 12.8. The summed E-state index contributed by atoms with van der Waals surface area (Å²) in [6.07, 6.45) is 0.784. The normalized spacial score (nSPS) is 10.0. The van der Waals surface area contributed by atoms with Gasteiger partial charge in [-0.3, -0.25) is 0 Å². The summed E-state index contributed by atoms with van der Waals surface area (Å²) in [4.78, 5) is 11.4. The summed E-state index contributed by atoms with van der Waals surface area (Å²) >= 11 is 5.30. The zero-order valence-electron chi connectivity index (χ0n) is 15.7. The molecule has 2 aromatic carbocycles. The van der Waals surface area contributed by atoms with Crippen LogP contribution >= 0.6 is 12.2 Å². The van der Waals surface area contributed by atoms with Crippen LogP contribution in [-0.4, -0.2) is 38.5 Å². The zero-order chi connectivity index (χ0) is 19.6. The summed E-state index contributed by atoms with van der Waals surface area (Å²) in [5, 5.41) is 6.76. The second-order valence-corrected chi connectivity index (χ2v) is 6.03. The number of hydrogen-bond donors (Lipinski definition) is 2. The van der Waals surface area contributed by atoms with Crippen LogP contribution in [0.15, 0.2) is 42.5 Å². The van der Waals surface area contributed by atoms with E-state index in [-0.39, 0.29) is 5.97 Å². The molecule has 7 heteroatoms. The van der Waals surface area contributed by atoms with Gasteiger partial charge in [0.15, 0.2) is 16.6 Å². The molecule has 0 saturated carbocycles. The molecule has 0 fully saturated rings. The van der Waals surface area contributed by atoms with Gasteiger partial charge in [-0.2, -0.15) is 0 Å². The largest absolute Gasteiger partial charge is 0.493 e. The third kappa shape index (κ3) is 6.14. The first-order chi connectivity index (χ1) is 13.1. The lowest BCUT2D eigenvalue weighted by Gasteiger charge is -2.13. The first-order valence-electron chi connectivity index (χ1n) is 8.60. The monoisotopic (exact) mass is 388 g/mol. The highest BCUT2D eigenvalue weighted by atomic mass is 32.1. The van der Waals surface area contributed by atoms with E-state index >= 15 is 0 Å². The Balaban J connectivity index is 1.83. The highest BCUT2D eigenvalue weighted by Gasteiger charge is 2.07. The highest BCUT2D eigenvalue weighted by molar-refractivity contribution is 7.80. The Morgan fingerprint density at radius 3 is 2.44 bits per heavy atom. The van der Waals surface area contributed by atoms with Crippen molar-refractivity contribution in [3.05, 3.63) is 53.6 Å². The molecular formula is C20H24N2O4S. The van der Waals surface area contributed by atoms with Gasteiger partial charge in [0.05, 0.1) is 26.4 Å². The average molecular weight is 388 g/mol. The second-order valence-electron chi connectivity index (χ2n) is 5.62. The lowest BCUT2D eigenvalue weighted by atomic mass is 10.1. The van der Waals surface area contributed by atoms with Crippen LogP contribution in [0.4, 0.5) is 5.69 Å². The number of esters is 1. The van der Waals surface area contributed by atoms with Gasteiger partial charge in [0.25, 0.3) is 0 Å². The van der Waals surface area contributed by atoms with Crippen LogP contribution in [0.5, 0.6) is 11.5 Å². The van der Waals surface area contributed by atoms with Crippen molar-refractivity contribution in [1.82, 2.24) is 5.32 Å². The molecule has 0 radical (unpaired) electrons. The molecule has 0 bridgehead atoms. The number of thiocarbonyl (C=S) groups is 1. The Morgan fingerprint density at radius 2 is 1.81 bits per heavy atom. The van der Waals surface area contributed by atoms with Crippen LogP contribution in [0.2, 0.25) is 0 Å². The summed E-state index contributed by atoms with van der Waals surface area (Å²) in [5.74, 6) is 1.10. The van der Waals surface area contributed by atoms with Crippen LogP contribution in [0.25, 0.3) is 0 Å². The highest BCUT2D eigenvalue weighted by Crippen LogP contribution is 2.28. The number of rotatable bonds is 8. The fraction of sp³-hybridized carbons (Fsp3) is 0.300. The summed E-state index contributed by atoms with van der Waals surface area (Å²) in [5.41, 5.74) is 2.40. The van der Waals surface area contributed by atoms with E-state index in [1.54, 1.807) is 31.4 Å². The van der Waals surface area contributed by atoms with Gasteiger partial charge >= 0.3 is 5.97 Å². The van der Waals surface area contributed by atoms with Crippen LogP contribution < -0.4 is 20.1 Å². The molecule has 0 aliphatic rings. The summed E-state index contributed by atoms with van der Waals surface area (Å²) < 4.78 is 15.6. The van der Waals surface area contributed by atoms with Crippen LogP contribution in [0.3, 0.4) is 0 Å². The molecule has 0 unspecified atom stereocenters. The molecule has 2 rings (SSSR count). The van der Waals surface area contributed by atoms with Crippen molar-refractivity contribution in [2.75, 3.05) is 32.7 Å². The van der Waals surface area contributed by atoms with Gasteiger partial charge in [-0.1, -0.05) is 6.07 Å². The third-order valence-corrected chi connectivity index (χ3v) is 4.04. The van der Waals surface area contributed by atoms with Gasteiger partial charge < -0.3 is 24.8 Å². The van der Waals surface area contributed by atoms with E-state index in [0.29, 0.717) is 23.8 Å². The minimum Gasteiger partial charge on any atom is -0.493 e. The molecule has 0 spiro atoms. The summed E-state index contributed by atoms with van der Waals surface area (Å²) in [7, 11) is 2.98. The van der Waals surface area contributed by atoms with Crippen LogP contribution in [-0.2, 0) is 11.2 Å². The molecule has 0 aromatic heterocycles. The molecular weight excluding hydrogens is 364 g/mol. The predicted molar refractivity (Wildman–Crippen MR) is 110 cm³/mol. The topological polar surface area (TPSA) is 68.8 Å². The van der Waals surface area contributed by atoms with E-state index in [2.05, 4.69) is 15.4 Å². The van der Waals surface area contributed by atoms with Crippen molar-refractivity contribution < 1.29 is 19.0 Å². The first kappa shape index (κ1) is 20.5. The van der Waals surface area contributed by atoms with Crippen LogP contribution in [0.1, 0.15) is 22.8 Å². The number of carbonyl (C=O) groups excluding carboxylic acids is 1. The van der Waals surface area contributed by atoms with Crippen molar-refractivity contribution in [1.29, 1.82) is 0 Å². The smallest absolute Gasteiger partial charge is 0.337 e. The predicted octanol–water partition coefficient (Wildman–Crippen LogP) is 3.41. The van der Waals surface area contributed by atoms with Crippen molar-refractivity contribution in [2.24, 2.45) is 0 Å². The van der Waals surface area contributed by atoms with Gasteiger partial charge in [-0.25, -0.2) is 4.79 Å². The maximum Gasteiger partial charge on any atom is 0.337 e. The minimum absolute atomic E-state index is 0.368. The molecule has 0 saturated heterocycles. The lowest BCUT2D eigenvalue weighted by molar-refractivity contribution is 0.0601. The molecule has 0 heterocycles. The maximum absolute atomic E-state index is 11.4. The average Bonchev–Trinajstić information content (AvgIpc) is 2.69. The molecule has 6 nitrogen and oxygen atoms in total. The second kappa shape index (κ2) is 10.4. The quantitative estimate of drug-likeness (QED) is 0.530. The van der Waals surface area contributed by atoms with Gasteiger partial charge in [-0.15, -0.1) is 0 Å². The number of methoxy groups -OCH3 is 2. The number of ether oxygens (including phenoxy) is 3. The van der Waals surface area contributed by atoms with E-state index in [1.807, 2.05) is 25.1 Å². The molecule has 27 heavy (non-hydrogen) atoms. The Bertz CT molecular complexity index is 778. The van der Waals surface area contributed by atoms with Crippen molar-refractivity contribution in [3.63, 3.8) is 0 Å². The van der Waals surface area contributed by atoms with Crippen molar-refractivity contribution in [3.8, 4) is 11.5 Å². The SMILES string of the molecule is CCOc1ccc(CCNC(=S)Nc2ccc(C(=O)OC)cc2)cc1OC. The Kier molecular flexibility index (Phi) is 7.88. The number of nitrogens with one attached hydrogen (secondary N) is 2. The third-order valence-electron chi connectivity index (χ3n) is 3.79. The van der Waals surface area contributed by atoms with Gasteiger partial charge in [-0.05, 0) is 67.5 Å². The maximum atomic E-state index is 11.4. The lowest BCUT2D eigenvalue weighted by Crippen LogP contribution is -2.30. The molecule has 0 atom stereocenters. The molecule has 2 aromatic rings. The van der Waals surface area contributed by atoms with Gasteiger partial charge in [0, 0.05) is 12.2 Å². The fourth-order valence-corrected chi connectivity index (χ4v) is 2.67.